The Kier molecular flexibility index (Phi) is 8.20. The fraction of sp³-hybridized carbons (Fsp3) is 0.929. The van der Waals surface area contributed by atoms with Gasteiger partial charge >= 0.3 is 0 Å². The standard InChI is InChI=1S/C14H31N3O/c1-5-12(6-2)11-17(7-3)10-8-9-14(4,16)13(15)18/h12H,5-11,16H2,1-4H3,(H2,15,18). The molecular weight excluding hydrogens is 226 g/mol. The normalized spacial score (nSPS) is 15.1. The van der Waals surface area contributed by atoms with E-state index in [1.165, 1.54) is 12.8 Å². The maximum absolute atomic E-state index is 11.1. The van der Waals surface area contributed by atoms with Crippen LogP contribution < -0.4 is 11.5 Å². The van der Waals surface area contributed by atoms with Crippen molar-refractivity contribution in [1.82, 2.24) is 4.90 Å². The number of primary amides is 1. The number of nitrogens with zero attached hydrogens (tertiary/aromatic N) is 1. The quantitative estimate of drug-likeness (QED) is 0.626. The molecule has 0 fully saturated rings. The summed E-state index contributed by atoms with van der Waals surface area (Å²) in [5, 5.41) is 0. The van der Waals surface area contributed by atoms with Gasteiger partial charge in [-0.2, -0.15) is 0 Å². The van der Waals surface area contributed by atoms with Gasteiger partial charge < -0.3 is 16.4 Å². The summed E-state index contributed by atoms with van der Waals surface area (Å²) in [5.41, 5.74) is 10.2. The number of carbonyl (C=O) groups excluding carboxylic acids is 1. The predicted octanol–water partition coefficient (Wildman–Crippen LogP) is 1.73. The van der Waals surface area contributed by atoms with Gasteiger partial charge in [0.15, 0.2) is 0 Å². The summed E-state index contributed by atoms with van der Waals surface area (Å²) in [6, 6.07) is 0. The molecule has 0 bridgehead atoms. The van der Waals surface area contributed by atoms with E-state index in [-0.39, 0.29) is 0 Å². The maximum atomic E-state index is 11.1. The minimum absolute atomic E-state index is 0.412. The fourth-order valence-corrected chi connectivity index (χ4v) is 2.08. The molecule has 0 aromatic heterocycles. The van der Waals surface area contributed by atoms with Crippen molar-refractivity contribution in [3.63, 3.8) is 0 Å². The summed E-state index contributed by atoms with van der Waals surface area (Å²) in [6.07, 6.45) is 4.03. The number of hydrogen-bond acceptors (Lipinski definition) is 3. The molecule has 0 saturated carbocycles. The predicted molar refractivity (Wildman–Crippen MR) is 77.2 cm³/mol. The minimum atomic E-state index is -0.867. The summed E-state index contributed by atoms with van der Waals surface area (Å²) in [6.45, 7) is 11.6. The molecule has 4 heteroatoms. The topological polar surface area (TPSA) is 72.3 Å². The molecule has 0 aliphatic carbocycles. The molecule has 4 nitrogen and oxygen atoms in total. The first-order chi connectivity index (χ1) is 8.37. The van der Waals surface area contributed by atoms with E-state index in [2.05, 4.69) is 25.7 Å². The van der Waals surface area contributed by atoms with Crippen molar-refractivity contribution >= 4 is 5.91 Å². The van der Waals surface area contributed by atoms with Crippen LogP contribution in [0.4, 0.5) is 0 Å². The molecule has 0 aliphatic rings. The average molecular weight is 257 g/mol. The Balaban J connectivity index is 4.05. The highest BCUT2D eigenvalue weighted by molar-refractivity contribution is 5.83. The smallest absolute Gasteiger partial charge is 0.237 e. The summed E-state index contributed by atoms with van der Waals surface area (Å²) < 4.78 is 0. The van der Waals surface area contributed by atoms with Crippen LogP contribution in [0.15, 0.2) is 0 Å². The van der Waals surface area contributed by atoms with Crippen LogP contribution in [0.25, 0.3) is 0 Å². The van der Waals surface area contributed by atoms with E-state index >= 15 is 0 Å². The zero-order valence-electron chi connectivity index (χ0n) is 12.5. The lowest BCUT2D eigenvalue weighted by molar-refractivity contribution is -0.122. The van der Waals surface area contributed by atoms with E-state index in [1.54, 1.807) is 6.92 Å². The van der Waals surface area contributed by atoms with E-state index in [4.69, 9.17) is 11.5 Å². The lowest BCUT2D eigenvalue weighted by atomic mass is 9.96. The third-order valence-corrected chi connectivity index (χ3v) is 3.85. The van der Waals surface area contributed by atoms with E-state index in [0.29, 0.717) is 6.42 Å². The van der Waals surface area contributed by atoms with Gasteiger partial charge in [-0.25, -0.2) is 0 Å². The van der Waals surface area contributed by atoms with Gasteiger partial charge in [-0.05, 0) is 38.8 Å². The molecule has 0 aromatic carbocycles. The molecule has 1 atom stereocenters. The van der Waals surface area contributed by atoms with Crippen LogP contribution in [0, 0.1) is 5.92 Å². The molecule has 0 spiro atoms. The molecule has 0 saturated heterocycles. The van der Waals surface area contributed by atoms with Gasteiger partial charge in [0.1, 0.15) is 0 Å². The molecule has 0 heterocycles. The monoisotopic (exact) mass is 257 g/mol. The number of rotatable bonds is 10. The van der Waals surface area contributed by atoms with Crippen LogP contribution in [-0.4, -0.2) is 36.0 Å². The van der Waals surface area contributed by atoms with Gasteiger partial charge in [0.25, 0.3) is 0 Å². The van der Waals surface area contributed by atoms with Crippen molar-refractivity contribution in [1.29, 1.82) is 0 Å². The van der Waals surface area contributed by atoms with Crippen LogP contribution in [-0.2, 0) is 4.79 Å². The zero-order valence-corrected chi connectivity index (χ0v) is 12.5. The van der Waals surface area contributed by atoms with Crippen LogP contribution in [0.1, 0.15) is 53.4 Å². The number of carbonyl (C=O) groups is 1. The second-order valence-electron chi connectivity index (χ2n) is 5.46. The van der Waals surface area contributed by atoms with E-state index in [0.717, 1.165) is 32.0 Å². The van der Waals surface area contributed by atoms with Crippen molar-refractivity contribution in [2.75, 3.05) is 19.6 Å². The lowest BCUT2D eigenvalue weighted by Gasteiger charge is -2.27. The van der Waals surface area contributed by atoms with Crippen molar-refractivity contribution in [2.45, 2.75) is 58.9 Å². The molecule has 0 rings (SSSR count). The molecule has 0 aromatic rings. The highest BCUT2D eigenvalue weighted by Crippen LogP contribution is 2.12. The number of hydrogen-bond donors (Lipinski definition) is 2. The van der Waals surface area contributed by atoms with Gasteiger partial charge in [-0.1, -0.05) is 33.6 Å². The first-order valence-electron chi connectivity index (χ1n) is 7.18. The third kappa shape index (κ3) is 6.36. The summed E-state index contributed by atoms with van der Waals surface area (Å²) in [5.74, 6) is 0.357. The molecule has 1 unspecified atom stereocenters. The zero-order chi connectivity index (χ0) is 14.2. The Bertz CT molecular complexity index is 237. The Morgan fingerprint density at radius 2 is 1.83 bits per heavy atom. The van der Waals surface area contributed by atoms with Crippen LogP contribution in [0.2, 0.25) is 0 Å². The Labute approximate surface area is 112 Å². The van der Waals surface area contributed by atoms with Gasteiger partial charge in [0.05, 0.1) is 5.54 Å². The summed E-state index contributed by atoms with van der Waals surface area (Å²) in [4.78, 5) is 13.6. The minimum Gasteiger partial charge on any atom is -0.368 e. The highest BCUT2D eigenvalue weighted by atomic mass is 16.1. The maximum Gasteiger partial charge on any atom is 0.237 e. The van der Waals surface area contributed by atoms with Crippen molar-refractivity contribution < 1.29 is 4.79 Å². The molecule has 4 N–H and O–H groups in total. The van der Waals surface area contributed by atoms with Crippen molar-refractivity contribution in [3.05, 3.63) is 0 Å². The molecule has 18 heavy (non-hydrogen) atoms. The van der Waals surface area contributed by atoms with Gasteiger partial charge in [-0.15, -0.1) is 0 Å². The van der Waals surface area contributed by atoms with Crippen LogP contribution in [0.3, 0.4) is 0 Å². The second-order valence-corrected chi connectivity index (χ2v) is 5.46. The lowest BCUT2D eigenvalue weighted by Crippen LogP contribution is -2.49. The molecule has 108 valence electrons. The van der Waals surface area contributed by atoms with Crippen LogP contribution >= 0.6 is 0 Å². The SMILES string of the molecule is CCC(CC)CN(CC)CCCC(C)(N)C(N)=O. The Morgan fingerprint density at radius 3 is 2.22 bits per heavy atom. The Morgan fingerprint density at radius 1 is 1.28 bits per heavy atom. The highest BCUT2D eigenvalue weighted by Gasteiger charge is 2.25. The number of nitrogens with two attached hydrogens (primary N) is 2. The van der Waals surface area contributed by atoms with Gasteiger partial charge in [0.2, 0.25) is 5.91 Å². The van der Waals surface area contributed by atoms with E-state index in [1.807, 2.05) is 0 Å². The van der Waals surface area contributed by atoms with Gasteiger partial charge in [0, 0.05) is 6.54 Å². The van der Waals surface area contributed by atoms with Crippen molar-refractivity contribution in [3.8, 4) is 0 Å². The average Bonchev–Trinajstić information content (AvgIpc) is 2.33. The van der Waals surface area contributed by atoms with Crippen molar-refractivity contribution in [2.24, 2.45) is 17.4 Å². The number of amides is 1. The van der Waals surface area contributed by atoms with E-state index < -0.39 is 11.4 Å². The third-order valence-electron chi connectivity index (χ3n) is 3.85. The largest absolute Gasteiger partial charge is 0.368 e. The first-order valence-corrected chi connectivity index (χ1v) is 7.18. The molecule has 0 aliphatic heterocycles. The van der Waals surface area contributed by atoms with Crippen LogP contribution in [0.5, 0.6) is 0 Å². The van der Waals surface area contributed by atoms with Gasteiger partial charge in [-0.3, -0.25) is 4.79 Å². The molecule has 0 radical (unpaired) electrons. The summed E-state index contributed by atoms with van der Waals surface area (Å²) >= 11 is 0. The summed E-state index contributed by atoms with van der Waals surface area (Å²) in [7, 11) is 0. The molecular formula is C14H31N3O. The molecule has 1 amide bonds. The van der Waals surface area contributed by atoms with E-state index in [9.17, 15) is 4.79 Å². The first kappa shape index (κ1) is 17.4. The Hall–Kier alpha value is -0.610. The fourth-order valence-electron chi connectivity index (χ4n) is 2.08. The second kappa shape index (κ2) is 8.48.